The minimum Gasteiger partial charge on any atom is -0.385 e. The van der Waals surface area contributed by atoms with Gasteiger partial charge in [-0.25, -0.2) is 0 Å². The van der Waals surface area contributed by atoms with Gasteiger partial charge in [-0.05, 0) is 32.4 Å². The van der Waals surface area contributed by atoms with Gasteiger partial charge in [-0.1, -0.05) is 13.8 Å². The number of hydrogen-bond acceptors (Lipinski definition) is 4. The lowest BCUT2D eigenvalue weighted by atomic mass is 9.93. The summed E-state index contributed by atoms with van der Waals surface area (Å²) in [6, 6.07) is -0.140. The number of rotatable bonds is 9. The van der Waals surface area contributed by atoms with Crippen LogP contribution in [0.1, 0.15) is 27.2 Å². The highest BCUT2D eigenvalue weighted by Gasteiger charge is 2.24. The normalized spacial score (nSPS) is 13.7. The fraction of sp³-hybridized carbons (Fsp3) is 0.923. The minimum absolute atomic E-state index is 0.0271. The van der Waals surface area contributed by atoms with E-state index in [4.69, 9.17) is 10.5 Å². The number of hydrogen-bond donors (Lipinski definition) is 2. The Labute approximate surface area is 111 Å². The Balaban J connectivity index is 4.04. The van der Waals surface area contributed by atoms with Crippen LogP contribution in [0.15, 0.2) is 0 Å². The van der Waals surface area contributed by atoms with Gasteiger partial charge < -0.3 is 15.8 Å². The molecule has 0 aliphatic carbocycles. The molecule has 0 bridgehead atoms. The van der Waals surface area contributed by atoms with Gasteiger partial charge in [0.1, 0.15) is 0 Å². The van der Waals surface area contributed by atoms with Crippen LogP contribution < -0.4 is 11.1 Å². The summed E-state index contributed by atoms with van der Waals surface area (Å²) in [5.41, 5.74) is 5.73. The molecule has 0 radical (unpaired) electrons. The van der Waals surface area contributed by atoms with E-state index in [-0.39, 0.29) is 17.4 Å². The average Bonchev–Trinajstić information content (AvgIpc) is 2.32. The second-order valence-corrected chi connectivity index (χ2v) is 5.60. The predicted octanol–water partition coefficient (Wildman–Crippen LogP) is 0.444. The molecule has 0 aromatic carbocycles. The van der Waals surface area contributed by atoms with Crippen LogP contribution in [0, 0.1) is 5.41 Å². The maximum absolute atomic E-state index is 11.9. The van der Waals surface area contributed by atoms with Crippen molar-refractivity contribution in [2.75, 3.05) is 40.4 Å². The fourth-order valence-corrected chi connectivity index (χ4v) is 1.65. The number of methoxy groups -OCH3 is 1. The lowest BCUT2D eigenvalue weighted by Gasteiger charge is -2.32. The third kappa shape index (κ3) is 6.93. The largest absolute Gasteiger partial charge is 0.385 e. The van der Waals surface area contributed by atoms with E-state index in [1.165, 1.54) is 0 Å². The second-order valence-electron chi connectivity index (χ2n) is 5.60. The van der Waals surface area contributed by atoms with Crippen LogP contribution >= 0.6 is 0 Å². The molecule has 0 saturated carbocycles. The molecule has 3 N–H and O–H groups in total. The first-order valence-electron chi connectivity index (χ1n) is 6.51. The first-order valence-corrected chi connectivity index (χ1v) is 6.51. The van der Waals surface area contributed by atoms with Crippen LogP contribution in [-0.4, -0.2) is 57.2 Å². The number of nitrogens with zero attached hydrogens (tertiary/aromatic N) is 1. The third-order valence-corrected chi connectivity index (χ3v) is 3.10. The van der Waals surface area contributed by atoms with Crippen LogP contribution in [0.4, 0.5) is 0 Å². The van der Waals surface area contributed by atoms with Gasteiger partial charge in [-0.3, -0.25) is 9.69 Å². The molecule has 0 aliphatic heterocycles. The number of nitrogens with two attached hydrogens (primary N) is 1. The summed E-state index contributed by atoms with van der Waals surface area (Å²) in [7, 11) is 3.62. The van der Waals surface area contributed by atoms with Crippen LogP contribution in [-0.2, 0) is 9.53 Å². The maximum Gasteiger partial charge on any atom is 0.237 e. The van der Waals surface area contributed by atoms with Crippen molar-refractivity contribution in [1.29, 1.82) is 0 Å². The van der Waals surface area contributed by atoms with E-state index in [1.54, 1.807) is 7.11 Å². The van der Waals surface area contributed by atoms with E-state index in [0.29, 0.717) is 19.7 Å². The van der Waals surface area contributed by atoms with Crippen molar-refractivity contribution in [3.05, 3.63) is 0 Å². The van der Waals surface area contributed by atoms with Crippen molar-refractivity contribution in [3.8, 4) is 0 Å². The maximum atomic E-state index is 11.9. The van der Waals surface area contributed by atoms with Crippen LogP contribution in [0.3, 0.4) is 0 Å². The van der Waals surface area contributed by atoms with Crippen LogP contribution in [0.25, 0.3) is 0 Å². The molecule has 1 amide bonds. The smallest absolute Gasteiger partial charge is 0.237 e. The summed E-state index contributed by atoms with van der Waals surface area (Å²) >= 11 is 0. The van der Waals surface area contributed by atoms with Crippen molar-refractivity contribution >= 4 is 5.91 Å². The van der Waals surface area contributed by atoms with Crippen LogP contribution in [0.2, 0.25) is 0 Å². The van der Waals surface area contributed by atoms with Gasteiger partial charge in [-0.15, -0.1) is 0 Å². The highest BCUT2D eigenvalue weighted by molar-refractivity contribution is 5.81. The summed E-state index contributed by atoms with van der Waals surface area (Å²) in [5, 5.41) is 2.91. The van der Waals surface area contributed by atoms with Gasteiger partial charge in [0.05, 0.1) is 6.04 Å². The molecular weight excluding hydrogens is 230 g/mol. The van der Waals surface area contributed by atoms with E-state index in [0.717, 1.165) is 13.0 Å². The lowest BCUT2D eigenvalue weighted by molar-refractivity contribution is -0.125. The Kier molecular flexibility index (Phi) is 8.15. The highest BCUT2D eigenvalue weighted by Crippen LogP contribution is 2.15. The SMILES string of the molecule is COCCCNC(=O)C(C)N(C)CC(C)(C)CN. The number of likely N-dealkylation sites (N-methyl/N-ethyl adjacent to an activating group) is 1. The topological polar surface area (TPSA) is 67.6 Å². The molecule has 0 heterocycles. The van der Waals surface area contributed by atoms with E-state index in [1.807, 2.05) is 18.9 Å². The lowest BCUT2D eigenvalue weighted by Crippen LogP contribution is -2.48. The molecule has 108 valence electrons. The Bertz CT molecular complexity index is 244. The molecule has 0 rings (SSSR count). The quantitative estimate of drug-likeness (QED) is 0.590. The second kappa shape index (κ2) is 8.45. The van der Waals surface area contributed by atoms with Crippen molar-refractivity contribution in [1.82, 2.24) is 10.2 Å². The van der Waals surface area contributed by atoms with Gasteiger partial charge in [-0.2, -0.15) is 0 Å². The van der Waals surface area contributed by atoms with Gasteiger partial charge in [0.25, 0.3) is 0 Å². The molecule has 0 spiro atoms. The summed E-state index contributed by atoms with van der Waals surface area (Å²) in [6.07, 6.45) is 0.840. The molecule has 5 heteroatoms. The number of carbonyl (C=O) groups excluding carboxylic acids is 1. The first kappa shape index (κ1) is 17.4. The van der Waals surface area contributed by atoms with E-state index in [2.05, 4.69) is 19.2 Å². The van der Waals surface area contributed by atoms with Gasteiger partial charge in [0.2, 0.25) is 5.91 Å². The zero-order valence-electron chi connectivity index (χ0n) is 12.5. The molecule has 0 saturated heterocycles. The van der Waals surface area contributed by atoms with Gasteiger partial charge in [0.15, 0.2) is 0 Å². The number of nitrogens with one attached hydrogen (secondary N) is 1. The molecule has 0 fully saturated rings. The Morgan fingerprint density at radius 3 is 2.61 bits per heavy atom. The molecule has 1 unspecified atom stereocenters. The molecule has 5 nitrogen and oxygen atoms in total. The Morgan fingerprint density at radius 2 is 2.11 bits per heavy atom. The Morgan fingerprint density at radius 1 is 1.50 bits per heavy atom. The average molecular weight is 259 g/mol. The summed E-state index contributed by atoms with van der Waals surface area (Å²) in [5.74, 6) is 0.0569. The monoisotopic (exact) mass is 259 g/mol. The van der Waals surface area contributed by atoms with Gasteiger partial charge >= 0.3 is 0 Å². The zero-order valence-corrected chi connectivity index (χ0v) is 12.5. The van der Waals surface area contributed by atoms with E-state index in [9.17, 15) is 4.79 Å². The summed E-state index contributed by atoms with van der Waals surface area (Å²) in [4.78, 5) is 13.9. The zero-order chi connectivity index (χ0) is 14.2. The molecule has 0 aromatic rings. The molecular formula is C13H29N3O2. The molecule has 0 aromatic heterocycles. The third-order valence-electron chi connectivity index (χ3n) is 3.10. The van der Waals surface area contributed by atoms with E-state index >= 15 is 0 Å². The highest BCUT2D eigenvalue weighted by atomic mass is 16.5. The first-order chi connectivity index (χ1) is 8.34. The molecule has 1 atom stereocenters. The fourth-order valence-electron chi connectivity index (χ4n) is 1.65. The molecule has 18 heavy (non-hydrogen) atoms. The summed E-state index contributed by atoms with van der Waals surface area (Å²) in [6.45, 7) is 8.86. The van der Waals surface area contributed by atoms with Crippen molar-refractivity contribution in [3.63, 3.8) is 0 Å². The number of amides is 1. The Hall–Kier alpha value is -0.650. The number of carbonyl (C=O) groups is 1. The van der Waals surface area contributed by atoms with E-state index < -0.39 is 0 Å². The van der Waals surface area contributed by atoms with Crippen molar-refractivity contribution in [2.45, 2.75) is 33.2 Å². The minimum atomic E-state index is -0.140. The van der Waals surface area contributed by atoms with Crippen LogP contribution in [0.5, 0.6) is 0 Å². The van der Waals surface area contributed by atoms with Crippen molar-refractivity contribution in [2.24, 2.45) is 11.1 Å². The number of ether oxygens (including phenoxy) is 1. The summed E-state index contributed by atoms with van der Waals surface area (Å²) < 4.78 is 4.94. The predicted molar refractivity (Wildman–Crippen MR) is 74.4 cm³/mol. The standard InChI is InChI=1S/C13H29N3O2/c1-11(12(17)15-7-6-8-18-5)16(4)10-13(2,3)9-14/h11H,6-10,14H2,1-5H3,(H,15,17). The van der Waals surface area contributed by atoms with Crippen molar-refractivity contribution < 1.29 is 9.53 Å². The molecule has 0 aliphatic rings. The van der Waals surface area contributed by atoms with Gasteiger partial charge in [0, 0.05) is 26.8 Å².